The van der Waals surface area contributed by atoms with Crippen LogP contribution < -0.4 is 16.0 Å². The molecule has 1 aromatic carbocycles. The molecule has 3 N–H and O–H groups in total. The molecule has 3 aliphatic rings. The van der Waals surface area contributed by atoms with E-state index in [4.69, 9.17) is 20.8 Å². The fourth-order valence-corrected chi connectivity index (χ4v) is 5.40. The number of benzene rings is 1. The Morgan fingerprint density at radius 2 is 2.00 bits per heavy atom. The second-order valence-electron chi connectivity index (χ2n) is 9.20. The predicted octanol–water partition coefficient (Wildman–Crippen LogP) is 5.29. The van der Waals surface area contributed by atoms with E-state index in [1.54, 1.807) is 0 Å². The smallest absolute Gasteiger partial charge is 0.319 e. The largest absolute Gasteiger partial charge is 0.459 e. The third kappa shape index (κ3) is 3.59. The third-order valence-corrected chi connectivity index (χ3v) is 7.25. The van der Waals surface area contributed by atoms with Gasteiger partial charge in [-0.25, -0.2) is 4.79 Å². The maximum Gasteiger partial charge on any atom is 0.319 e. The van der Waals surface area contributed by atoms with E-state index in [0.29, 0.717) is 22.7 Å². The molecule has 2 amide bonds. The molecule has 7 heteroatoms. The third-order valence-electron chi connectivity index (χ3n) is 6.96. The van der Waals surface area contributed by atoms with Crippen LogP contribution in [0.4, 0.5) is 10.5 Å². The molecule has 0 atom stereocenters. The van der Waals surface area contributed by atoms with E-state index in [9.17, 15) is 4.79 Å². The minimum Gasteiger partial charge on any atom is -0.459 e. The number of hydrogen-bond donors (Lipinski definition) is 3. The van der Waals surface area contributed by atoms with Crippen molar-refractivity contribution in [1.29, 1.82) is 0 Å². The Hall–Kier alpha value is -1.76. The van der Waals surface area contributed by atoms with Crippen LogP contribution in [-0.4, -0.2) is 25.8 Å². The molecule has 2 saturated carbocycles. The van der Waals surface area contributed by atoms with Crippen molar-refractivity contribution in [3.63, 3.8) is 0 Å². The standard InChI is InChI=1S/C23H30ClN3O3/c1-2-29-14-22(8-9-22)13-25-12-16-10-15-11-17(24)19-18(20(15)30-16)23(27-21(28)26-19)6-4-3-5-7-23/h10-11,25H,2-9,12-14H2,1H3,(H2,26,27,28). The summed E-state index contributed by atoms with van der Waals surface area (Å²) in [6.45, 7) is 5.24. The Morgan fingerprint density at radius 3 is 2.73 bits per heavy atom. The molecule has 0 saturated heterocycles. The zero-order valence-corrected chi connectivity index (χ0v) is 18.3. The van der Waals surface area contributed by atoms with Gasteiger partial charge in [0.2, 0.25) is 0 Å². The van der Waals surface area contributed by atoms with Gasteiger partial charge in [-0.1, -0.05) is 30.9 Å². The summed E-state index contributed by atoms with van der Waals surface area (Å²) in [5.74, 6) is 0.893. The first-order valence-electron chi connectivity index (χ1n) is 11.2. The number of ether oxygens (including phenoxy) is 1. The molecule has 30 heavy (non-hydrogen) atoms. The summed E-state index contributed by atoms with van der Waals surface area (Å²) in [4.78, 5) is 12.4. The Kier molecular flexibility index (Phi) is 5.20. The Morgan fingerprint density at radius 1 is 1.20 bits per heavy atom. The van der Waals surface area contributed by atoms with Crippen LogP contribution in [0, 0.1) is 5.41 Å². The predicted molar refractivity (Wildman–Crippen MR) is 118 cm³/mol. The van der Waals surface area contributed by atoms with E-state index in [0.717, 1.165) is 67.7 Å². The van der Waals surface area contributed by atoms with E-state index < -0.39 is 5.54 Å². The van der Waals surface area contributed by atoms with Crippen molar-refractivity contribution in [1.82, 2.24) is 10.6 Å². The number of amides is 2. The molecule has 5 rings (SSSR count). The van der Waals surface area contributed by atoms with Gasteiger partial charge < -0.3 is 25.1 Å². The van der Waals surface area contributed by atoms with Gasteiger partial charge in [-0.3, -0.25) is 0 Å². The first kappa shape index (κ1) is 20.2. The van der Waals surface area contributed by atoms with Crippen molar-refractivity contribution in [2.24, 2.45) is 5.41 Å². The number of anilines is 1. The average Bonchev–Trinajstić information content (AvgIpc) is 3.38. The first-order valence-corrected chi connectivity index (χ1v) is 11.6. The molecule has 0 unspecified atom stereocenters. The highest BCUT2D eigenvalue weighted by Crippen LogP contribution is 2.49. The maximum absolute atomic E-state index is 12.4. The molecule has 2 fully saturated rings. The van der Waals surface area contributed by atoms with Crippen LogP contribution in [0.1, 0.15) is 63.2 Å². The number of furan rings is 1. The van der Waals surface area contributed by atoms with Gasteiger partial charge in [0.25, 0.3) is 0 Å². The average molecular weight is 432 g/mol. The lowest BCUT2D eigenvalue weighted by molar-refractivity contribution is 0.0996. The van der Waals surface area contributed by atoms with E-state index in [1.807, 2.05) is 13.0 Å². The summed E-state index contributed by atoms with van der Waals surface area (Å²) in [7, 11) is 0. The fourth-order valence-electron chi connectivity index (χ4n) is 5.14. The van der Waals surface area contributed by atoms with Crippen molar-refractivity contribution in [3.05, 3.63) is 28.5 Å². The highest BCUT2D eigenvalue weighted by molar-refractivity contribution is 6.35. The van der Waals surface area contributed by atoms with Gasteiger partial charge in [0.1, 0.15) is 11.3 Å². The van der Waals surface area contributed by atoms with Crippen LogP contribution in [0.3, 0.4) is 0 Å². The van der Waals surface area contributed by atoms with Gasteiger partial charge in [-0.15, -0.1) is 0 Å². The van der Waals surface area contributed by atoms with Gasteiger partial charge in [0, 0.05) is 29.5 Å². The van der Waals surface area contributed by atoms with Crippen molar-refractivity contribution in [3.8, 4) is 0 Å². The maximum atomic E-state index is 12.4. The van der Waals surface area contributed by atoms with Gasteiger partial charge in [-0.2, -0.15) is 0 Å². The van der Waals surface area contributed by atoms with Crippen molar-refractivity contribution in [2.75, 3.05) is 25.1 Å². The van der Waals surface area contributed by atoms with Crippen LogP contribution in [-0.2, 0) is 16.8 Å². The molecule has 6 nitrogen and oxygen atoms in total. The second-order valence-corrected chi connectivity index (χ2v) is 9.61. The molecule has 2 heterocycles. The molecule has 162 valence electrons. The highest BCUT2D eigenvalue weighted by Gasteiger charge is 2.44. The Bertz CT molecular complexity index is 960. The summed E-state index contributed by atoms with van der Waals surface area (Å²) < 4.78 is 12.0. The summed E-state index contributed by atoms with van der Waals surface area (Å²) >= 11 is 6.61. The molecule has 1 spiro atoms. The molecule has 0 radical (unpaired) electrons. The molecule has 1 aromatic heterocycles. The van der Waals surface area contributed by atoms with Gasteiger partial charge >= 0.3 is 6.03 Å². The van der Waals surface area contributed by atoms with E-state index in [1.165, 1.54) is 19.3 Å². The molecule has 0 bridgehead atoms. The SMILES string of the molecule is CCOCC1(CNCc2cc3cc(Cl)c4c(c3o2)C2(CCCCC2)NC(=O)N4)CC1. The molecular formula is C23H30ClN3O3. The van der Waals surface area contributed by atoms with E-state index in [2.05, 4.69) is 22.0 Å². The lowest BCUT2D eigenvalue weighted by Gasteiger charge is -2.42. The normalized spacial score (nSPS) is 21.3. The molecular weight excluding hydrogens is 402 g/mol. The number of hydrogen-bond acceptors (Lipinski definition) is 4. The van der Waals surface area contributed by atoms with Crippen LogP contribution in [0.2, 0.25) is 5.02 Å². The van der Waals surface area contributed by atoms with Crippen LogP contribution in [0.15, 0.2) is 16.5 Å². The van der Waals surface area contributed by atoms with Crippen LogP contribution in [0.5, 0.6) is 0 Å². The molecule has 2 aromatic rings. The lowest BCUT2D eigenvalue weighted by Crippen LogP contribution is -2.52. The Balaban J connectivity index is 1.42. The monoisotopic (exact) mass is 431 g/mol. The molecule has 1 aliphatic heterocycles. The number of carbonyl (C=O) groups excluding carboxylic acids is 1. The highest BCUT2D eigenvalue weighted by atomic mass is 35.5. The van der Waals surface area contributed by atoms with Gasteiger partial charge in [0.05, 0.1) is 29.4 Å². The summed E-state index contributed by atoms with van der Waals surface area (Å²) in [6.07, 6.45) is 7.64. The number of urea groups is 1. The van der Waals surface area contributed by atoms with Crippen LogP contribution >= 0.6 is 11.6 Å². The van der Waals surface area contributed by atoms with Crippen LogP contribution in [0.25, 0.3) is 11.0 Å². The second kappa shape index (κ2) is 7.74. The lowest BCUT2D eigenvalue weighted by atomic mass is 9.74. The topological polar surface area (TPSA) is 75.5 Å². The number of carbonyl (C=O) groups is 1. The summed E-state index contributed by atoms with van der Waals surface area (Å²) in [6, 6.07) is 3.80. The Labute approximate surface area is 182 Å². The summed E-state index contributed by atoms with van der Waals surface area (Å²) in [5, 5.41) is 11.3. The van der Waals surface area contributed by atoms with Gasteiger partial charge in [0.15, 0.2) is 0 Å². The fraction of sp³-hybridized carbons (Fsp3) is 0.609. The number of nitrogens with one attached hydrogen (secondary N) is 3. The van der Waals surface area contributed by atoms with Crippen molar-refractivity contribution < 1.29 is 13.9 Å². The van der Waals surface area contributed by atoms with E-state index in [-0.39, 0.29) is 6.03 Å². The zero-order valence-electron chi connectivity index (χ0n) is 17.5. The molecule has 2 aliphatic carbocycles. The number of halogens is 1. The first-order chi connectivity index (χ1) is 14.5. The number of fused-ring (bicyclic) bond motifs is 4. The minimum absolute atomic E-state index is 0.178. The van der Waals surface area contributed by atoms with Crippen molar-refractivity contribution >= 4 is 34.3 Å². The summed E-state index contributed by atoms with van der Waals surface area (Å²) in [5.41, 5.74) is 2.47. The van der Waals surface area contributed by atoms with Gasteiger partial charge in [-0.05, 0) is 44.7 Å². The van der Waals surface area contributed by atoms with Crippen molar-refractivity contribution in [2.45, 2.75) is 64.0 Å². The minimum atomic E-state index is -0.392. The number of rotatable bonds is 7. The quantitative estimate of drug-likeness (QED) is 0.557. The van der Waals surface area contributed by atoms with E-state index >= 15 is 0 Å². The zero-order chi connectivity index (χ0) is 20.8.